The molecule has 0 amide bonds. The first kappa shape index (κ1) is 12.2. The highest BCUT2D eigenvalue weighted by Gasteiger charge is 2.07. The number of rotatable bonds is 4. The summed E-state index contributed by atoms with van der Waals surface area (Å²) in [6, 6.07) is 12.0. The zero-order chi connectivity index (χ0) is 12.3. The van der Waals surface area contributed by atoms with E-state index >= 15 is 0 Å². The third kappa shape index (κ3) is 2.72. The molecule has 0 aliphatic carbocycles. The fourth-order valence-electron chi connectivity index (χ4n) is 1.73. The van der Waals surface area contributed by atoms with Crippen LogP contribution in [0.4, 0.5) is 0 Å². The molecule has 3 nitrogen and oxygen atoms in total. The van der Waals surface area contributed by atoms with Crippen molar-refractivity contribution in [3.05, 3.63) is 36.4 Å². The van der Waals surface area contributed by atoms with Crippen LogP contribution in [0.3, 0.4) is 0 Å². The van der Waals surface area contributed by atoms with E-state index in [1.54, 1.807) is 0 Å². The average molecular weight is 249 g/mol. The molecule has 0 atom stereocenters. The Morgan fingerprint density at radius 1 is 1.06 bits per heavy atom. The first-order valence-corrected chi connectivity index (χ1v) is 6.18. The van der Waals surface area contributed by atoms with Crippen LogP contribution in [0.25, 0.3) is 10.8 Å². The summed E-state index contributed by atoms with van der Waals surface area (Å²) in [5.41, 5.74) is 0. The van der Waals surface area contributed by atoms with Crippen molar-refractivity contribution in [3.8, 4) is 5.75 Å². The summed E-state index contributed by atoms with van der Waals surface area (Å²) in [5.74, 6) is 5.99. The van der Waals surface area contributed by atoms with E-state index in [4.69, 9.17) is 10.6 Å². The lowest BCUT2D eigenvalue weighted by Crippen LogP contribution is -2.05. The van der Waals surface area contributed by atoms with E-state index in [1.807, 2.05) is 50.2 Å². The number of hydrogen-bond acceptors (Lipinski definition) is 4. The van der Waals surface area contributed by atoms with Gasteiger partial charge in [0.25, 0.3) is 0 Å². The molecule has 0 saturated heterocycles. The second kappa shape index (κ2) is 5.40. The van der Waals surface area contributed by atoms with Gasteiger partial charge in [0.2, 0.25) is 0 Å². The predicted octanol–water partition coefficient (Wildman–Crippen LogP) is 3.52. The van der Waals surface area contributed by atoms with E-state index in [0.29, 0.717) is 0 Å². The minimum absolute atomic E-state index is 0.155. The molecule has 0 heterocycles. The van der Waals surface area contributed by atoms with Gasteiger partial charge in [-0.2, -0.15) is 0 Å². The van der Waals surface area contributed by atoms with E-state index in [2.05, 4.69) is 4.28 Å². The molecular weight excluding hydrogens is 234 g/mol. The Bertz CT molecular complexity index is 514. The second-order valence-corrected chi connectivity index (χ2v) is 4.75. The minimum Gasteiger partial charge on any atom is -0.490 e. The highest BCUT2D eigenvalue weighted by atomic mass is 32.2. The number of benzene rings is 2. The van der Waals surface area contributed by atoms with Crippen molar-refractivity contribution >= 4 is 22.8 Å². The molecule has 0 fully saturated rings. The Hall–Kier alpha value is -1.23. The summed E-state index contributed by atoms with van der Waals surface area (Å²) in [4.78, 5) is 0.985. The summed E-state index contributed by atoms with van der Waals surface area (Å²) >= 11 is 1.15. The van der Waals surface area contributed by atoms with Gasteiger partial charge in [0, 0.05) is 15.7 Å². The molecule has 0 unspecified atom stereocenters. The highest BCUT2D eigenvalue weighted by molar-refractivity contribution is 7.94. The summed E-state index contributed by atoms with van der Waals surface area (Å²) in [5, 5.41) is 2.16. The van der Waals surface area contributed by atoms with Crippen LogP contribution in [0.5, 0.6) is 5.75 Å². The molecule has 0 aromatic heterocycles. The van der Waals surface area contributed by atoms with Crippen LogP contribution < -0.4 is 10.6 Å². The van der Waals surface area contributed by atoms with Gasteiger partial charge < -0.3 is 4.74 Å². The molecule has 0 saturated carbocycles. The lowest BCUT2D eigenvalue weighted by molar-refractivity contribution is 0.245. The summed E-state index contributed by atoms with van der Waals surface area (Å²) in [6.45, 7) is 4.03. The zero-order valence-electron chi connectivity index (χ0n) is 9.84. The van der Waals surface area contributed by atoms with Gasteiger partial charge in [-0.15, -0.1) is 0 Å². The summed E-state index contributed by atoms with van der Waals surface area (Å²) in [6.07, 6.45) is 0.155. The molecule has 0 aliphatic rings. The van der Waals surface area contributed by atoms with Gasteiger partial charge in [0.15, 0.2) is 0 Å². The van der Waals surface area contributed by atoms with Crippen LogP contribution in [-0.4, -0.2) is 6.10 Å². The summed E-state index contributed by atoms with van der Waals surface area (Å²) < 4.78 is 10.4. The Morgan fingerprint density at radius 3 is 2.47 bits per heavy atom. The van der Waals surface area contributed by atoms with Crippen LogP contribution in [0, 0.1) is 0 Å². The minimum atomic E-state index is 0.155. The summed E-state index contributed by atoms with van der Waals surface area (Å²) in [7, 11) is 0. The molecule has 0 spiro atoms. The normalized spacial score (nSPS) is 11.1. The maximum absolute atomic E-state index is 5.78. The molecular formula is C13H15NO2S. The highest BCUT2D eigenvalue weighted by Crippen LogP contribution is 2.33. The molecule has 0 radical (unpaired) electrons. The van der Waals surface area contributed by atoms with Crippen molar-refractivity contribution in [2.45, 2.75) is 24.8 Å². The Morgan fingerprint density at radius 2 is 1.76 bits per heavy atom. The van der Waals surface area contributed by atoms with Crippen molar-refractivity contribution in [1.29, 1.82) is 0 Å². The fourth-order valence-corrected chi connectivity index (χ4v) is 2.24. The van der Waals surface area contributed by atoms with E-state index in [9.17, 15) is 0 Å². The molecule has 2 N–H and O–H groups in total. The number of fused-ring (bicyclic) bond motifs is 1. The fraction of sp³-hybridized carbons (Fsp3) is 0.231. The Balaban J connectivity index is 2.53. The molecule has 0 bridgehead atoms. The van der Waals surface area contributed by atoms with Gasteiger partial charge in [-0.3, -0.25) is 0 Å². The second-order valence-electron chi connectivity index (χ2n) is 3.95. The third-order valence-corrected chi connectivity index (χ3v) is 2.97. The SMILES string of the molecule is CC(C)Oc1cccc2c(SON)cccc12. The van der Waals surface area contributed by atoms with Gasteiger partial charge >= 0.3 is 0 Å². The van der Waals surface area contributed by atoms with Gasteiger partial charge in [0.05, 0.1) is 18.1 Å². The number of nitrogens with two attached hydrogens (primary N) is 1. The van der Waals surface area contributed by atoms with Crippen molar-refractivity contribution in [1.82, 2.24) is 0 Å². The smallest absolute Gasteiger partial charge is 0.127 e. The standard InChI is InChI=1S/C13H15NO2S/c1-9(2)15-12-7-3-6-11-10(12)5-4-8-13(11)17-16-14/h3-9H,14H2,1-2H3. The van der Waals surface area contributed by atoms with Gasteiger partial charge in [-0.05, 0) is 26.0 Å². The van der Waals surface area contributed by atoms with Crippen molar-refractivity contribution in [3.63, 3.8) is 0 Å². The van der Waals surface area contributed by atoms with Crippen LogP contribution in [-0.2, 0) is 4.28 Å². The van der Waals surface area contributed by atoms with Crippen molar-refractivity contribution in [2.75, 3.05) is 0 Å². The van der Waals surface area contributed by atoms with Crippen molar-refractivity contribution < 1.29 is 9.02 Å². The van der Waals surface area contributed by atoms with Crippen LogP contribution >= 0.6 is 12.0 Å². The van der Waals surface area contributed by atoms with E-state index in [-0.39, 0.29) is 6.10 Å². The molecule has 2 rings (SSSR count). The number of hydrogen-bond donors (Lipinski definition) is 1. The third-order valence-electron chi connectivity index (χ3n) is 2.34. The van der Waals surface area contributed by atoms with Gasteiger partial charge in [-0.1, -0.05) is 24.3 Å². The van der Waals surface area contributed by atoms with E-state index in [1.165, 1.54) is 0 Å². The predicted molar refractivity (Wildman–Crippen MR) is 70.8 cm³/mol. The van der Waals surface area contributed by atoms with E-state index < -0.39 is 0 Å². The molecule has 4 heteroatoms. The topological polar surface area (TPSA) is 44.5 Å². The molecule has 2 aromatic rings. The molecule has 2 aromatic carbocycles. The first-order chi connectivity index (χ1) is 8.22. The zero-order valence-corrected chi connectivity index (χ0v) is 10.7. The van der Waals surface area contributed by atoms with E-state index in [0.717, 1.165) is 33.5 Å². The van der Waals surface area contributed by atoms with Crippen LogP contribution in [0.1, 0.15) is 13.8 Å². The largest absolute Gasteiger partial charge is 0.490 e. The number of ether oxygens (including phenoxy) is 1. The maximum Gasteiger partial charge on any atom is 0.127 e. The molecule has 17 heavy (non-hydrogen) atoms. The van der Waals surface area contributed by atoms with Gasteiger partial charge in [-0.25, -0.2) is 10.2 Å². The Labute approximate surface area is 105 Å². The monoisotopic (exact) mass is 249 g/mol. The lowest BCUT2D eigenvalue weighted by atomic mass is 10.1. The molecule has 90 valence electrons. The van der Waals surface area contributed by atoms with Gasteiger partial charge in [0.1, 0.15) is 5.75 Å². The van der Waals surface area contributed by atoms with Crippen LogP contribution in [0.15, 0.2) is 41.3 Å². The molecule has 0 aliphatic heterocycles. The average Bonchev–Trinajstić information content (AvgIpc) is 2.30. The Kier molecular flexibility index (Phi) is 3.89. The van der Waals surface area contributed by atoms with Crippen molar-refractivity contribution in [2.24, 2.45) is 5.90 Å². The maximum atomic E-state index is 5.78. The first-order valence-electron chi connectivity index (χ1n) is 5.44. The van der Waals surface area contributed by atoms with Crippen LogP contribution in [0.2, 0.25) is 0 Å². The quantitative estimate of drug-likeness (QED) is 0.665. The lowest BCUT2D eigenvalue weighted by Gasteiger charge is -2.13.